The number of carbonyl (C=O) groups is 1. The molecular formula is C18H24N4OS. The van der Waals surface area contributed by atoms with Crippen molar-refractivity contribution in [2.75, 3.05) is 12.3 Å². The van der Waals surface area contributed by atoms with Crippen molar-refractivity contribution in [2.24, 2.45) is 0 Å². The zero-order chi connectivity index (χ0) is 16.9. The number of hydrogen-bond donors (Lipinski definition) is 1. The fourth-order valence-corrected chi connectivity index (χ4v) is 4.22. The maximum Gasteiger partial charge on any atom is 0.220 e. The summed E-state index contributed by atoms with van der Waals surface area (Å²) in [6.07, 6.45) is 2.77. The standard InChI is InChI=1S/C18H24N4OS/c1-3-22-13(2)20-21-18(22)24-11-10-19-17(23)12-15-9-8-14-6-4-5-7-16(14)15/h4-7,15H,3,8-12H2,1-2H3,(H,19,23)/t15-/m0/s1. The van der Waals surface area contributed by atoms with Crippen LogP contribution < -0.4 is 5.32 Å². The van der Waals surface area contributed by atoms with Crippen molar-refractivity contribution in [1.29, 1.82) is 0 Å². The molecule has 1 aromatic heterocycles. The summed E-state index contributed by atoms with van der Waals surface area (Å²) in [5, 5.41) is 12.2. The number of nitrogens with zero attached hydrogens (tertiary/aromatic N) is 3. The van der Waals surface area contributed by atoms with Gasteiger partial charge in [0.25, 0.3) is 0 Å². The Labute approximate surface area is 147 Å². The highest BCUT2D eigenvalue weighted by atomic mass is 32.2. The second kappa shape index (κ2) is 7.83. The van der Waals surface area contributed by atoms with Gasteiger partial charge in [0.05, 0.1) is 0 Å². The van der Waals surface area contributed by atoms with Crippen LogP contribution in [0.2, 0.25) is 0 Å². The number of aryl methyl sites for hydroxylation is 2. The summed E-state index contributed by atoms with van der Waals surface area (Å²) in [5.41, 5.74) is 2.76. The number of carbonyl (C=O) groups excluding carboxylic acids is 1. The van der Waals surface area contributed by atoms with E-state index in [1.165, 1.54) is 11.1 Å². The minimum absolute atomic E-state index is 0.144. The summed E-state index contributed by atoms with van der Waals surface area (Å²) >= 11 is 1.64. The Bertz CT molecular complexity index is 713. The van der Waals surface area contributed by atoms with Gasteiger partial charge in [0.1, 0.15) is 5.82 Å². The maximum atomic E-state index is 12.2. The summed E-state index contributed by atoms with van der Waals surface area (Å²) < 4.78 is 2.09. The monoisotopic (exact) mass is 344 g/mol. The third kappa shape index (κ3) is 3.80. The Kier molecular flexibility index (Phi) is 5.56. The van der Waals surface area contributed by atoms with Gasteiger partial charge in [0, 0.05) is 25.3 Å². The quantitative estimate of drug-likeness (QED) is 0.620. The molecule has 2 aromatic rings. The Morgan fingerprint density at radius 2 is 2.21 bits per heavy atom. The van der Waals surface area contributed by atoms with E-state index in [1.807, 2.05) is 6.92 Å². The lowest BCUT2D eigenvalue weighted by atomic mass is 9.97. The molecule has 24 heavy (non-hydrogen) atoms. The van der Waals surface area contributed by atoms with E-state index in [0.717, 1.165) is 36.1 Å². The van der Waals surface area contributed by atoms with Crippen molar-refractivity contribution in [3.8, 4) is 0 Å². The van der Waals surface area contributed by atoms with E-state index in [4.69, 9.17) is 0 Å². The number of aromatic nitrogens is 3. The van der Waals surface area contributed by atoms with Crippen LogP contribution in [0, 0.1) is 6.92 Å². The van der Waals surface area contributed by atoms with E-state index in [-0.39, 0.29) is 5.91 Å². The number of thioether (sulfide) groups is 1. The van der Waals surface area contributed by atoms with Crippen molar-refractivity contribution in [1.82, 2.24) is 20.1 Å². The average Bonchev–Trinajstić information content (AvgIpc) is 3.15. The average molecular weight is 344 g/mol. The Morgan fingerprint density at radius 3 is 3.04 bits per heavy atom. The van der Waals surface area contributed by atoms with Crippen LogP contribution >= 0.6 is 11.8 Å². The van der Waals surface area contributed by atoms with Gasteiger partial charge in [-0.2, -0.15) is 0 Å². The van der Waals surface area contributed by atoms with Crippen LogP contribution in [-0.2, 0) is 17.8 Å². The second-order valence-corrected chi connectivity index (χ2v) is 7.17. The number of rotatable bonds is 7. The van der Waals surface area contributed by atoms with E-state index >= 15 is 0 Å². The van der Waals surface area contributed by atoms with Crippen LogP contribution in [0.15, 0.2) is 29.4 Å². The number of fused-ring (bicyclic) bond motifs is 1. The van der Waals surface area contributed by atoms with Gasteiger partial charge in [-0.3, -0.25) is 4.79 Å². The maximum absolute atomic E-state index is 12.2. The molecule has 1 aliphatic rings. The van der Waals surface area contributed by atoms with Crippen LogP contribution in [0.3, 0.4) is 0 Å². The number of benzene rings is 1. The van der Waals surface area contributed by atoms with Gasteiger partial charge in [-0.1, -0.05) is 36.0 Å². The van der Waals surface area contributed by atoms with Crippen LogP contribution in [0.1, 0.15) is 42.6 Å². The van der Waals surface area contributed by atoms with Gasteiger partial charge < -0.3 is 9.88 Å². The highest BCUT2D eigenvalue weighted by Crippen LogP contribution is 2.35. The summed E-state index contributed by atoms with van der Waals surface area (Å²) in [4.78, 5) is 12.2. The molecule has 1 atom stereocenters. The van der Waals surface area contributed by atoms with E-state index in [9.17, 15) is 4.79 Å². The molecule has 0 saturated carbocycles. The SMILES string of the molecule is CCn1c(C)nnc1SCCNC(=O)C[C@@H]1CCc2ccccc21. The molecule has 0 spiro atoms. The van der Waals surface area contributed by atoms with Gasteiger partial charge in [-0.25, -0.2) is 0 Å². The van der Waals surface area contributed by atoms with Crippen LogP contribution in [-0.4, -0.2) is 33.0 Å². The summed E-state index contributed by atoms with van der Waals surface area (Å²) in [6, 6.07) is 8.48. The largest absolute Gasteiger partial charge is 0.355 e. The van der Waals surface area contributed by atoms with Crippen LogP contribution in [0.5, 0.6) is 0 Å². The lowest BCUT2D eigenvalue weighted by Gasteiger charge is -2.11. The van der Waals surface area contributed by atoms with E-state index < -0.39 is 0 Å². The fourth-order valence-electron chi connectivity index (χ4n) is 3.32. The molecule has 128 valence electrons. The van der Waals surface area contributed by atoms with Crippen molar-refractivity contribution in [3.05, 3.63) is 41.2 Å². The van der Waals surface area contributed by atoms with Gasteiger partial charge >= 0.3 is 0 Å². The van der Waals surface area contributed by atoms with Crippen molar-refractivity contribution in [2.45, 2.75) is 50.7 Å². The van der Waals surface area contributed by atoms with Gasteiger partial charge in [0.15, 0.2) is 5.16 Å². The molecule has 5 nitrogen and oxygen atoms in total. The smallest absolute Gasteiger partial charge is 0.220 e. The predicted octanol–water partition coefficient (Wildman–Crippen LogP) is 2.93. The Hall–Kier alpha value is -1.82. The molecular weight excluding hydrogens is 320 g/mol. The lowest BCUT2D eigenvalue weighted by Crippen LogP contribution is -2.27. The van der Waals surface area contributed by atoms with E-state index in [0.29, 0.717) is 18.9 Å². The van der Waals surface area contributed by atoms with Crippen molar-refractivity contribution in [3.63, 3.8) is 0 Å². The molecule has 1 heterocycles. The summed E-state index contributed by atoms with van der Waals surface area (Å²) in [7, 11) is 0. The molecule has 1 aromatic carbocycles. The zero-order valence-electron chi connectivity index (χ0n) is 14.3. The first kappa shape index (κ1) is 17.0. The second-order valence-electron chi connectivity index (χ2n) is 6.11. The summed E-state index contributed by atoms with van der Waals surface area (Å²) in [5.74, 6) is 2.26. The third-order valence-corrected chi connectivity index (χ3v) is 5.53. The third-order valence-electron chi connectivity index (χ3n) is 4.56. The van der Waals surface area contributed by atoms with Crippen molar-refractivity contribution < 1.29 is 4.79 Å². The normalized spacial score (nSPS) is 16.2. The molecule has 0 fully saturated rings. The zero-order valence-corrected chi connectivity index (χ0v) is 15.1. The Balaban J connectivity index is 1.42. The molecule has 0 bridgehead atoms. The highest BCUT2D eigenvalue weighted by molar-refractivity contribution is 7.99. The van der Waals surface area contributed by atoms with Crippen LogP contribution in [0.4, 0.5) is 0 Å². The molecule has 1 aliphatic carbocycles. The predicted molar refractivity (Wildman–Crippen MR) is 96.3 cm³/mol. The first-order valence-corrected chi connectivity index (χ1v) is 9.54. The summed E-state index contributed by atoms with van der Waals surface area (Å²) in [6.45, 7) is 5.57. The van der Waals surface area contributed by atoms with Gasteiger partial charge in [-0.15, -0.1) is 10.2 Å². The lowest BCUT2D eigenvalue weighted by molar-refractivity contribution is -0.121. The van der Waals surface area contributed by atoms with E-state index in [1.54, 1.807) is 11.8 Å². The molecule has 0 saturated heterocycles. The van der Waals surface area contributed by atoms with Gasteiger partial charge in [-0.05, 0) is 43.7 Å². The minimum Gasteiger partial charge on any atom is -0.355 e. The van der Waals surface area contributed by atoms with E-state index in [2.05, 4.69) is 51.3 Å². The first-order valence-electron chi connectivity index (χ1n) is 8.56. The number of nitrogens with one attached hydrogen (secondary N) is 1. The number of hydrogen-bond acceptors (Lipinski definition) is 4. The van der Waals surface area contributed by atoms with Crippen molar-refractivity contribution >= 4 is 17.7 Å². The van der Waals surface area contributed by atoms with Crippen LogP contribution in [0.25, 0.3) is 0 Å². The minimum atomic E-state index is 0.144. The highest BCUT2D eigenvalue weighted by Gasteiger charge is 2.23. The number of amides is 1. The Morgan fingerprint density at radius 1 is 1.38 bits per heavy atom. The molecule has 0 unspecified atom stereocenters. The molecule has 0 radical (unpaired) electrons. The first-order chi connectivity index (χ1) is 11.7. The van der Waals surface area contributed by atoms with Gasteiger partial charge in [0.2, 0.25) is 5.91 Å². The molecule has 1 amide bonds. The topological polar surface area (TPSA) is 59.8 Å². The molecule has 0 aliphatic heterocycles. The molecule has 1 N–H and O–H groups in total. The fraction of sp³-hybridized carbons (Fsp3) is 0.500. The molecule has 3 rings (SSSR count). The molecule has 6 heteroatoms.